The molecule has 1 unspecified atom stereocenters. The molecule has 0 bridgehead atoms. The second-order valence-electron chi connectivity index (χ2n) is 5.30. The van der Waals surface area contributed by atoms with E-state index in [1.807, 2.05) is 0 Å². The first kappa shape index (κ1) is 12.0. The third-order valence-electron chi connectivity index (χ3n) is 3.41. The summed E-state index contributed by atoms with van der Waals surface area (Å²) in [6.07, 6.45) is 10.3. The molecule has 84 valence electrons. The fraction of sp³-hybridized carbons (Fsp3) is 1.00. The molecular weight excluding hydrogens is 172 g/mol. The average molecular weight is 198 g/mol. The van der Waals surface area contributed by atoms with Crippen LogP contribution < -0.4 is 0 Å². The standard InChI is InChI=1S/C13H26O/c1-11(2)10-13(14)12-8-6-4-3-5-7-9-12/h11-14H,3-10H2,1-2H3. The van der Waals surface area contributed by atoms with Crippen LogP contribution in [-0.2, 0) is 0 Å². The summed E-state index contributed by atoms with van der Waals surface area (Å²) < 4.78 is 0. The van der Waals surface area contributed by atoms with Gasteiger partial charge in [0.1, 0.15) is 0 Å². The van der Waals surface area contributed by atoms with Gasteiger partial charge in [0.2, 0.25) is 0 Å². The molecule has 0 aromatic carbocycles. The molecule has 1 aliphatic carbocycles. The Morgan fingerprint density at radius 2 is 1.50 bits per heavy atom. The van der Waals surface area contributed by atoms with Gasteiger partial charge in [0.15, 0.2) is 0 Å². The van der Waals surface area contributed by atoms with E-state index in [1.54, 1.807) is 0 Å². The fourth-order valence-electron chi connectivity index (χ4n) is 2.55. The lowest BCUT2D eigenvalue weighted by Gasteiger charge is -2.25. The molecule has 1 N–H and O–H groups in total. The molecule has 14 heavy (non-hydrogen) atoms. The van der Waals surface area contributed by atoms with Crippen LogP contribution in [0.1, 0.15) is 65.2 Å². The zero-order valence-electron chi connectivity index (χ0n) is 9.84. The summed E-state index contributed by atoms with van der Waals surface area (Å²) in [5.41, 5.74) is 0. The van der Waals surface area contributed by atoms with Crippen LogP contribution >= 0.6 is 0 Å². The van der Waals surface area contributed by atoms with Gasteiger partial charge < -0.3 is 5.11 Å². The van der Waals surface area contributed by atoms with Crippen molar-refractivity contribution in [3.8, 4) is 0 Å². The van der Waals surface area contributed by atoms with Gasteiger partial charge in [-0.25, -0.2) is 0 Å². The Balaban J connectivity index is 2.31. The summed E-state index contributed by atoms with van der Waals surface area (Å²) in [6.45, 7) is 4.40. The van der Waals surface area contributed by atoms with Crippen molar-refractivity contribution >= 4 is 0 Å². The predicted molar refractivity (Wildman–Crippen MR) is 61.3 cm³/mol. The van der Waals surface area contributed by atoms with Crippen molar-refractivity contribution in [2.45, 2.75) is 71.3 Å². The second kappa shape index (κ2) is 6.44. The quantitative estimate of drug-likeness (QED) is 0.732. The summed E-state index contributed by atoms with van der Waals surface area (Å²) in [5, 5.41) is 10.1. The summed E-state index contributed by atoms with van der Waals surface area (Å²) in [4.78, 5) is 0. The molecule has 0 aromatic rings. The van der Waals surface area contributed by atoms with Crippen molar-refractivity contribution in [1.82, 2.24) is 0 Å². The van der Waals surface area contributed by atoms with Crippen molar-refractivity contribution in [1.29, 1.82) is 0 Å². The van der Waals surface area contributed by atoms with Gasteiger partial charge in [-0.2, -0.15) is 0 Å². The van der Waals surface area contributed by atoms with Gasteiger partial charge in [0.05, 0.1) is 6.10 Å². The molecule has 0 heterocycles. The van der Waals surface area contributed by atoms with E-state index in [0.29, 0.717) is 11.8 Å². The SMILES string of the molecule is CC(C)CC(O)C1CCCCCCC1. The average Bonchev–Trinajstić information content (AvgIpc) is 2.00. The number of hydrogen-bond acceptors (Lipinski definition) is 1. The largest absolute Gasteiger partial charge is 0.393 e. The van der Waals surface area contributed by atoms with Crippen molar-refractivity contribution in [2.24, 2.45) is 11.8 Å². The third-order valence-corrected chi connectivity index (χ3v) is 3.41. The highest BCUT2D eigenvalue weighted by molar-refractivity contribution is 4.72. The molecule has 1 heteroatoms. The first-order chi connectivity index (χ1) is 6.70. The Hall–Kier alpha value is -0.0400. The van der Waals surface area contributed by atoms with Gasteiger partial charge >= 0.3 is 0 Å². The van der Waals surface area contributed by atoms with E-state index in [2.05, 4.69) is 13.8 Å². The highest BCUT2D eigenvalue weighted by Crippen LogP contribution is 2.27. The van der Waals surface area contributed by atoms with Gasteiger partial charge in [-0.05, 0) is 31.1 Å². The summed E-state index contributed by atoms with van der Waals surface area (Å²) >= 11 is 0. The molecule has 0 aliphatic heterocycles. The molecule has 1 rings (SSSR count). The lowest BCUT2D eigenvalue weighted by molar-refractivity contribution is 0.0721. The minimum absolute atomic E-state index is 0.0342. The highest BCUT2D eigenvalue weighted by Gasteiger charge is 2.20. The molecule has 1 fully saturated rings. The molecule has 0 amide bonds. The molecule has 0 spiro atoms. The maximum absolute atomic E-state index is 10.1. The summed E-state index contributed by atoms with van der Waals surface area (Å²) in [6, 6.07) is 0. The Bertz CT molecular complexity index is 134. The van der Waals surface area contributed by atoms with E-state index in [-0.39, 0.29) is 6.10 Å². The molecule has 0 saturated heterocycles. The van der Waals surface area contributed by atoms with E-state index in [0.717, 1.165) is 6.42 Å². The number of rotatable bonds is 3. The van der Waals surface area contributed by atoms with E-state index >= 15 is 0 Å². The van der Waals surface area contributed by atoms with Crippen LogP contribution in [0.25, 0.3) is 0 Å². The Kier molecular flexibility index (Phi) is 5.54. The predicted octanol–water partition coefficient (Wildman–Crippen LogP) is 3.75. The van der Waals surface area contributed by atoms with Crippen LogP contribution in [0, 0.1) is 11.8 Å². The third kappa shape index (κ3) is 4.45. The first-order valence-corrected chi connectivity index (χ1v) is 6.38. The van der Waals surface area contributed by atoms with Crippen LogP contribution in [-0.4, -0.2) is 11.2 Å². The molecular formula is C13H26O. The van der Waals surface area contributed by atoms with Crippen LogP contribution in [0.4, 0.5) is 0 Å². The van der Waals surface area contributed by atoms with E-state index in [4.69, 9.17) is 0 Å². The number of aliphatic hydroxyl groups excluding tert-OH is 1. The molecule has 1 saturated carbocycles. The summed E-state index contributed by atoms with van der Waals surface area (Å²) in [5.74, 6) is 1.23. The monoisotopic (exact) mass is 198 g/mol. The van der Waals surface area contributed by atoms with Gasteiger partial charge in [-0.3, -0.25) is 0 Å². The molecule has 1 nitrogen and oxygen atoms in total. The van der Waals surface area contributed by atoms with Gasteiger partial charge in [-0.15, -0.1) is 0 Å². The molecule has 0 aromatic heterocycles. The molecule has 1 atom stereocenters. The van der Waals surface area contributed by atoms with Crippen molar-refractivity contribution in [2.75, 3.05) is 0 Å². The Morgan fingerprint density at radius 3 is 2.00 bits per heavy atom. The lowest BCUT2D eigenvalue weighted by Crippen LogP contribution is -2.23. The van der Waals surface area contributed by atoms with Crippen LogP contribution in [0.2, 0.25) is 0 Å². The number of hydrogen-bond donors (Lipinski definition) is 1. The molecule has 1 aliphatic rings. The maximum atomic E-state index is 10.1. The lowest BCUT2D eigenvalue weighted by atomic mass is 9.84. The van der Waals surface area contributed by atoms with Crippen molar-refractivity contribution in [3.63, 3.8) is 0 Å². The van der Waals surface area contributed by atoms with Crippen molar-refractivity contribution < 1.29 is 5.11 Å². The number of aliphatic hydroxyl groups is 1. The van der Waals surface area contributed by atoms with Crippen LogP contribution in [0.15, 0.2) is 0 Å². The minimum atomic E-state index is -0.0342. The van der Waals surface area contributed by atoms with Crippen molar-refractivity contribution in [3.05, 3.63) is 0 Å². The molecule has 0 radical (unpaired) electrons. The first-order valence-electron chi connectivity index (χ1n) is 6.38. The fourth-order valence-corrected chi connectivity index (χ4v) is 2.55. The van der Waals surface area contributed by atoms with Gasteiger partial charge in [0.25, 0.3) is 0 Å². The minimum Gasteiger partial charge on any atom is -0.393 e. The Morgan fingerprint density at radius 1 is 1.00 bits per heavy atom. The summed E-state index contributed by atoms with van der Waals surface area (Å²) in [7, 11) is 0. The van der Waals surface area contributed by atoms with Gasteiger partial charge in [0, 0.05) is 0 Å². The highest BCUT2D eigenvalue weighted by atomic mass is 16.3. The van der Waals surface area contributed by atoms with Crippen LogP contribution in [0.3, 0.4) is 0 Å². The van der Waals surface area contributed by atoms with E-state index in [1.165, 1.54) is 44.9 Å². The second-order valence-corrected chi connectivity index (χ2v) is 5.30. The zero-order valence-corrected chi connectivity index (χ0v) is 9.84. The van der Waals surface area contributed by atoms with E-state index in [9.17, 15) is 5.11 Å². The van der Waals surface area contributed by atoms with Crippen LogP contribution in [0.5, 0.6) is 0 Å². The van der Waals surface area contributed by atoms with Gasteiger partial charge in [-0.1, -0.05) is 46.0 Å². The smallest absolute Gasteiger partial charge is 0.0570 e. The topological polar surface area (TPSA) is 20.2 Å². The van der Waals surface area contributed by atoms with E-state index < -0.39 is 0 Å². The normalized spacial score (nSPS) is 23.1. The Labute approximate surface area is 88.9 Å². The zero-order chi connectivity index (χ0) is 10.4. The maximum Gasteiger partial charge on any atom is 0.0570 e.